The van der Waals surface area contributed by atoms with Crippen LogP contribution in [0, 0.1) is 6.92 Å². The molecule has 1 amide bonds. The molecule has 0 atom stereocenters. The number of aromatic nitrogens is 3. The molecule has 1 fully saturated rings. The van der Waals surface area contributed by atoms with Crippen LogP contribution in [0.1, 0.15) is 34.8 Å². The van der Waals surface area contributed by atoms with Crippen LogP contribution >= 0.6 is 11.3 Å². The monoisotopic (exact) mass is 317 g/mol. The summed E-state index contributed by atoms with van der Waals surface area (Å²) in [6, 6.07) is 2.22. The smallest absolute Gasteiger partial charge is 0.257 e. The largest absolute Gasteiger partial charge is 0.328 e. The first-order chi connectivity index (χ1) is 10.6. The van der Waals surface area contributed by atoms with Crippen LogP contribution in [0.5, 0.6) is 0 Å². The van der Waals surface area contributed by atoms with Crippen molar-refractivity contribution in [2.75, 3.05) is 20.1 Å². The predicted octanol–water partition coefficient (Wildman–Crippen LogP) is 1.69. The predicted molar refractivity (Wildman–Crippen MR) is 84.4 cm³/mol. The Hall–Kier alpha value is -1.73. The van der Waals surface area contributed by atoms with Gasteiger partial charge in [-0.3, -0.25) is 9.36 Å². The van der Waals surface area contributed by atoms with E-state index in [4.69, 9.17) is 0 Å². The molecule has 0 bridgehead atoms. The first-order valence-electron chi connectivity index (χ1n) is 7.63. The summed E-state index contributed by atoms with van der Waals surface area (Å²) in [6.45, 7) is 4.57. The summed E-state index contributed by atoms with van der Waals surface area (Å²) in [7, 11) is 2.14. The Kier molecular flexibility index (Phi) is 3.27. The van der Waals surface area contributed by atoms with Crippen molar-refractivity contribution in [1.82, 2.24) is 24.6 Å². The van der Waals surface area contributed by atoms with E-state index in [1.807, 2.05) is 27.8 Å². The van der Waals surface area contributed by atoms with Crippen LogP contribution in [0.25, 0.3) is 5.00 Å². The van der Waals surface area contributed by atoms with Crippen LogP contribution in [0.3, 0.4) is 0 Å². The van der Waals surface area contributed by atoms with Crippen LogP contribution < -0.4 is 0 Å². The van der Waals surface area contributed by atoms with Gasteiger partial charge in [0.1, 0.15) is 10.8 Å². The third kappa shape index (κ3) is 2.07. The van der Waals surface area contributed by atoms with Crippen molar-refractivity contribution in [3.8, 4) is 5.00 Å². The molecule has 2 aliphatic heterocycles. The summed E-state index contributed by atoms with van der Waals surface area (Å²) in [5, 5.41) is 11.4. The van der Waals surface area contributed by atoms with Crippen LogP contribution in [-0.4, -0.2) is 56.7 Å². The van der Waals surface area contributed by atoms with Gasteiger partial charge in [0, 0.05) is 6.04 Å². The molecule has 0 N–H and O–H groups in total. The van der Waals surface area contributed by atoms with E-state index in [1.165, 1.54) is 0 Å². The van der Waals surface area contributed by atoms with Gasteiger partial charge in [0.2, 0.25) is 0 Å². The van der Waals surface area contributed by atoms with E-state index < -0.39 is 0 Å². The summed E-state index contributed by atoms with van der Waals surface area (Å²) >= 11 is 1.58. The van der Waals surface area contributed by atoms with E-state index >= 15 is 0 Å². The van der Waals surface area contributed by atoms with E-state index in [1.54, 1.807) is 11.3 Å². The number of amides is 1. The second-order valence-electron chi connectivity index (χ2n) is 6.11. The van der Waals surface area contributed by atoms with Crippen molar-refractivity contribution < 1.29 is 4.79 Å². The maximum atomic E-state index is 13.0. The van der Waals surface area contributed by atoms with Gasteiger partial charge in [-0.25, -0.2) is 0 Å². The van der Waals surface area contributed by atoms with Gasteiger partial charge in [-0.1, -0.05) is 0 Å². The molecular formula is C15H19N5OS. The molecule has 4 heterocycles. The Morgan fingerprint density at radius 1 is 1.27 bits per heavy atom. The normalized spacial score (nSPS) is 19.9. The number of hydrogen-bond acceptors (Lipinski definition) is 5. The fraction of sp³-hybridized carbons (Fsp3) is 0.533. The van der Waals surface area contributed by atoms with Crippen molar-refractivity contribution in [3.63, 3.8) is 0 Å². The van der Waals surface area contributed by atoms with Gasteiger partial charge in [-0.05, 0) is 51.3 Å². The Labute approximate surface area is 133 Å². The number of nitrogens with zero attached hydrogens (tertiary/aromatic N) is 5. The molecule has 2 aliphatic rings. The van der Waals surface area contributed by atoms with Gasteiger partial charge in [-0.2, -0.15) is 0 Å². The fourth-order valence-electron chi connectivity index (χ4n) is 3.39. The molecule has 22 heavy (non-hydrogen) atoms. The van der Waals surface area contributed by atoms with Crippen molar-refractivity contribution in [3.05, 3.63) is 28.7 Å². The quantitative estimate of drug-likeness (QED) is 0.803. The highest BCUT2D eigenvalue weighted by Gasteiger charge is 2.34. The number of carbonyl (C=O) groups is 1. The topological polar surface area (TPSA) is 54.3 Å². The number of thiophene rings is 1. The number of rotatable bonds is 1. The number of hydrogen-bond donors (Lipinski definition) is 0. The van der Waals surface area contributed by atoms with Gasteiger partial charge in [0.25, 0.3) is 5.91 Å². The lowest BCUT2D eigenvalue weighted by molar-refractivity contribution is 0.0569. The SMILES string of the molecule is Cc1nnc2n1-c1sccc1C(=O)N(C1CCN(C)CC1)C2. The lowest BCUT2D eigenvalue weighted by Crippen LogP contribution is -2.45. The Morgan fingerprint density at radius 2 is 2.05 bits per heavy atom. The Bertz CT molecular complexity index is 713. The molecule has 116 valence electrons. The fourth-order valence-corrected chi connectivity index (χ4v) is 4.35. The minimum absolute atomic E-state index is 0.135. The summed E-state index contributed by atoms with van der Waals surface area (Å²) in [6.07, 6.45) is 2.05. The van der Waals surface area contributed by atoms with Crippen molar-refractivity contribution >= 4 is 17.2 Å². The van der Waals surface area contributed by atoms with Gasteiger partial charge >= 0.3 is 0 Å². The molecule has 7 heteroatoms. The molecule has 0 radical (unpaired) electrons. The van der Waals surface area contributed by atoms with Crippen LogP contribution in [0.15, 0.2) is 11.4 Å². The third-order valence-corrected chi connectivity index (χ3v) is 5.57. The number of fused-ring (bicyclic) bond motifs is 3. The summed E-state index contributed by atoms with van der Waals surface area (Å²) < 4.78 is 2.03. The highest BCUT2D eigenvalue weighted by atomic mass is 32.1. The highest BCUT2D eigenvalue weighted by Crippen LogP contribution is 2.31. The lowest BCUT2D eigenvalue weighted by atomic mass is 10.0. The van der Waals surface area contributed by atoms with E-state index in [-0.39, 0.29) is 5.91 Å². The van der Waals surface area contributed by atoms with Crippen molar-refractivity contribution in [2.24, 2.45) is 0 Å². The first-order valence-corrected chi connectivity index (χ1v) is 8.51. The number of piperidine rings is 1. The standard InChI is InChI=1S/C15H19N5OS/c1-10-16-17-13-9-19(11-3-6-18(2)7-4-11)14(21)12-5-8-22-15(12)20(10)13/h5,8,11H,3-4,6-7,9H2,1-2H3. The summed E-state index contributed by atoms with van der Waals surface area (Å²) in [5.41, 5.74) is 0.783. The summed E-state index contributed by atoms with van der Waals surface area (Å²) in [4.78, 5) is 17.3. The zero-order chi connectivity index (χ0) is 15.3. The average Bonchev–Trinajstić information content (AvgIpc) is 3.09. The van der Waals surface area contributed by atoms with Gasteiger partial charge < -0.3 is 9.80 Å². The van der Waals surface area contributed by atoms with Crippen LogP contribution in [0.4, 0.5) is 0 Å². The Morgan fingerprint density at radius 3 is 2.82 bits per heavy atom. The van der Waals surface area contributed by atoms with Crippen LogP contribution in [-0.2, 0) is 6.54 Å². The maximum absolute atomic E-state index is 13.0. The average molecular weight is 317 g/mol. The maximum Gasteiger partial charge on any atom is 0.257 e. The molecule has 6 nitrogen and oxygen atoms in total. The number of carbonyl (C=O) groups excluding carboxylic acids is 1. The number of likely N-dealkylation sites (tertiary alicyclic amines) is 1. The molecule has 1 saturated heterocycles. The van der Waals surface area contributed by atoms with Crippen molar-refractivity contribution in [2.45, 2.75) is 32.4 Å². The first kappa shape index (κ1) is 13.9. The molecule has 4 rings (SSSR count). The van der Waals surface area contributed by atoms with E-state index in [0.29, 0.717) is 12.6 Å². The molecule has 2 aromatic rings. The minimum atomic E-state index is 0.135. The molecule has 0 aromatic carbocycles. The molecule has 0 spiro atoms. The molecule has 0 saturated carbocycles. The van der Waals surface area contributed by atoms with Crippen molar-refractivity contribution in [1.29, 1.82) is 0 Å². The summed E-state index contributed by atoms with van der Waals surface area (Å²) in [5.74, 6) is 1.85. The zero-order valence-corrected chi connectivity index (χ0v) is 13.6. The van der Waals surface area contributed by atoms with Crippen LogP contribution in [0.2, 0.25) is 0 Å². The van der Waals surface area contributed by atoms with Gasteiger partial charge in [0.15, 0.2) is 5.82 Å². The van der Waals surface area contributed by atoms with E-state index in [0.717, 1.165) is 48.1 Å². The Balaban J connectivity index is 1.76. The molecular weight excluding hydrogens is 298 g/mol. The second-order valence-corrected chi connectivity index (χ2v) is 7.00. The third-order valence-electron chi connectivity index (χ3n) is 4.67. The minimum Gasteiger partial charge on any atom is -0.328 e. The van der Waals surface area contributed by atoms with E-state index in [2.05, 4.69) is 22.1 Å². The highest BCUT2D eigenvalue weighted by molar-refractivity contribution is 7.13. The number of aryl methyl sites for hydroxylation is 1. The molecule has 0 aliphatic carbocycles. The lowest BCUT2D eigenvalue weighted by Gasteiger charge is -2.36. The van der Waals surface area contributed by atoms with Gasteiger partial charge in [-0.15, -0.1) is 21.5 Å². The van der Waals surface area contributed by atoms with Gasteiger partial charge in [0.05, 0.1) is 12.1 Å². The molecule has 2 aromatic heterocycles. The second kappa shape index (κ2) is 5.17. The van der Waals surface area contributed by atoms with E-state index in [9.17, 15) is 4.79 Å². The molecule has 0 unspecified atom stereocenters. The zero-order valence-electron chi connectivity index (χ0n) is 12.8.